The van der Waals surface area contributed by atoms with Crippen LogP contribution in [0.3, 0.4) is 0 Å². The monoisotopic (exact) mass is 454 g/mol. The fraction of sp³-hybridized carbons (Fsp3) is 0.370. The van der Waals surface area contributed by atoms with Crippen LogP contribution in [-0.4, -0.2) is 36.6 Å². The van der Waals surface area contributed by atoms with Crippen LogP contribution in [0.15, 0.2) is 48.6 Å². The van der Waals surface area contributed by atoms with E-state index in [1.54, 1.807) is 0 Å². The highest BCUT2D eigenvalue weighted by Crippen LogP contribution is 2.56. The molecule has 1 unspecified atom stereocenters. The molecule has 0 amide bonds. The maximum absolute atomic E-state index is 13.9. The number of aromatic amines is 2. The van der Waals surface area contributed by atoms with Crippen LogP contribution in [0.1, 0.15) is 58.6 Å². The van der Waals surface area contributed by atoms with Gasteiger partial charge in [-0.3, -0.25) is 4.79 Å². The number of fused-ring (bicyclic) bond motifs is 2. The second-order valence-corrected chi connectivity index (χ2v) is 10.4. The number of nitrogens with one attached hydrogen (secondary N) is 2. The number of carbonyl (C=O) groups excluding carboxylic acids is 1. The van der Waals surface area contributed by atoms with Crippen LogP contribution >= 0.6 is 0 Å². The molecule has 0 fully saturated rings. The lowest BCUT2D eigenvalue weighted by Crippen LogP contribution is -2.44. The fourth-order valence-electron chi connectivity index (χ4n) is 5.29. The zero-order chi connectivity index (χ0) is 24.3. The van der Waals surface area contributed by atoms with E-state index in [9.17, 15) is 4.79 Å². The SMILES string of the molecule is C=C1CC(=O)C(C(C)(C)C(C)(C)CC)C(c2cccc3n[nH]nc23)=C1c1cccc2n[nH]nc12. The summed E-state index contributed by atoms with van der Waals surface area (Å²) in [6.45, 7) is 15.5. The van der Waals surface area contributed by atoms with Crippen LogP contribution in [0.2, 0.25) is 0 Å². The van der Waals surface area contributed by atoms with Gasteiger partial charge in [-0.15, -0.1) is 0 Å². The summed E-state index contributed by atoms with van der Waals surface area (Å²) >= 11 is 0. The quantitative estimate of drug-likeness (QED) is 0.400. The van der Waals surface area contributed by atoms with Crippen molar-refractivity contribution in [1.82, 2.24) is 30.8 Å². The first-order valence-electron chi connectivity index (χ1n) is 11.7. The topological polar surface area (TPSA) is 100 Å². The molecule has 0 bridgehead atoms. The molecule has 5 rings (SSSR count). The number of Topliss-reactive ketones (excluding diaryl/α,β-unsaturated/α-hetero) is 1. The van der Waals surface area contributed by atoms with Crippen LogP contribution in [0.25, 0.3) is 33.2 Å². The van der Waals surface area contributed by atoms with Gasteiger partial charge in [0.25, 0.3) is 0 Å². The zero-order valence-corrected chi connectivity index (χ0v) is 20.4. The molecule has 1 aliphatic rings. The third-order valence-corrected chi connectivity index (χ3v) is 8.22. The Balaban J connectivity index is 1.93. The standard InChI is InChI=1S/C27H30N6O/c1-7-26(3,4)27(5,6)23-20(34)14-15(2)21(16-10-8-12-18-24(16)30-32-28-18)22(23)17-11-9-13-19-25(17)31-33-29-19/h8-13,23H,2,7,14H2,1,3-6H3,(H,28,30,32)(H,29,31,33). The van der Waals surface area contributed by atoms with Gasteiger partial charge in [0, 0.05) is 23.5 Å². The van der Waals surface area contributed by atoms with Gasteiger partial charge in [-0.25, -0.2) is 0 Å². The molecule has 2 aromatic heterocycles. The van der Waals surface area contributed by atoms with Crippen molar-refractivity contribution in [3.05, 3.63) is 59.7 Å². The Kier molecular flexibility index (Phi) is 5.04. The average molecular weight is 455 g/mol. The van der Waals surface area contributed by atoms with E-state index in [2.05, 4.69) is 72.0 Å². The fourth-order valence-corrected chi connectivity index (χ4v) is 5.29. The number of para-hydroxylation sites is 2. The molecule has 0 saturated carbocycles. The van der Waals surface area contributed by atoms with E-state index >= 15 is 0 Å². The van der Waals surface area contributed by atoms with Crippen LogP contribution in [0.5, 0.6) is 0 Å². The van der Waals surface area contributed by atoms with E-state index in [0.717, 1.165) is 56.3 Å². The Morgan fingerprint density at radius 1 is 0.912 bits per heavy atom. The van der Waals surface area contributed by atoms with Crippen molar-refractivity contribution in [2.75, 3.05) is 0 Å². The Morgan fingerprint density at radius 3 is 2.06 bits per heavy atom. The second kappa shape index (κ2) is 7.72. The van der Waals surface area contributed by atoms with E-state index < -0.39 is 0 Å². The van der Waals surface area contributed by atoms with E-state index in [1.165, 1.54) is 0 Å². The summed E-state index contributed by atoms with van der Waals surface area (Å²) in [5.74, 6) is -0.171. The highest BCUT2D eigenvalue weighted by atomic mass is 16.1. The Morgan fingerprint density at radius 2 is 1.47 bits per heavy atom. The van der Waals surface area contributed by atoms with E-state index in [0.29, 0.717) is 6.42 Å². The maximum Gasteiger partial charge on any atom is 0.145 e. The summed E-state index contributed by atoms with van der Waals surface area (Å²) in [5.41, 5.74) is 7.14. The molecule has 0 radical (unpaired) electrons. The minimum Gasteiger partial charge on any atom is -0.299 e. The van der Waals surface area contributed by atoms with E-state index in [-0.39, 0.29) is 22.5 Å². The van der Waals surface area contributed by atoms with Gasteiger partial charge in [-0.2, -0.15) is 30.8 Å². The molecule has 0 aliphatic heterocycles. The summed E-state index contributed by atoms with van der Waals surface area (Å²) in [6, 6.07) is 11.9. The largest absolute Gasteiger partial charge is 0.299 e. The molecule has 7 nitrogen and oxygen atoms in total. The Bertz CT molecular complexity index is 1470. The molecule has 4 aromatic rings. The summed E-state index contributed by atoms with van der Waals surface area (Å²) in [4.78, 5) is 13.9. The highest BCUT2D eigenvalue weighted by molar-refractivity contribution is 6.16. The number of aromatic nitrogens is 6. The number of allylic oxidation sites excluding steroid dienone is 3. The third kappa shape index (κ3) is 3.14. The maximum atomic E-state index is 13.9. The Hall–Kier alpha value is -3.61. The van der Waals surface area contributed by atoms with Crippen molar-refractivity contribution in [3.63, 3.8) is 0 Å². The molecular weight excluding hydrogens is 424 g/mol. The number of carbonyl (C=O) groups is 1. The smallest absolute Gasteiger partial charge is 0.145 e. The number of hydrogen-bond acceptors (Lipinski definition) is 5. The van der Waals surface area contributed by atoms with Gasteiger partial charge in [0.1, 0.15) is 27.9 Å². The summed E-state index contributed by atoms with van der Waals surface area (Å²) in [6.07, 6.45) is 1.25. The second-order valence-electron chi connectivity index (χ2n) is 10.4. The minimum absolute atomic E-state index is 0.0972. The van der Waals surface area contributed by atoms with Crippen LogP contribution in [-0.2, 0) is 4.79 Å². The predicted octanol–water partition coefficient (Wildman–Crippen LogP) is 5.75. The number of rotatable bonds is 5. The molecular formula is C27H30N6O. The normalized spacial score (nSPS) is 17.9. The van der Waals surface area contributed by atoms with Crippen LogP contribution in [0, 0.1) is 16.7 Å². The van der Waals surface area contributed by atoms with Crippen molar-refractivity contribution in [1.29, 1.82) is 0 Å². The average Bonchev–Trinajstić information content (AvgIpc) is 3.47. The van der Waals surface area contributed by atoms with Crippen LogP contribution < -0.4 is 0 Å². The van der Waals surface area contributed by atoms with Crippen molar-refractivity contribution in [2.45, 2.75) is 47.5 Å². The van der Waals surface area contributed by atoms with Crippen molar-refractivity contribution < 1.29 is 4.79 Å². The predicted molar refractivity (Wildman–Crippen MR) is 135 cm³/mol. The van der Waals surface area contributed by atoms with Crippen molar-refractivity contribution in [2.24, 2.45) is 16.7 Å². The molecule has 7 heteroatoms. The first kappa shape index (κ1) is 22.2. The van der Waals surface area contributed by atoms with Crippen molar-refractivity contribution >= 4 is 39.0 Å². The van der Waals surface area contributed by atoms with Gasteiger partial charge in [0.05, 0.1) is 0 Å². The molecule has 1 atom stereocenters. The third-order valence-electron chi connectivity index (χ3n) is 8.22. The molecule has 2 aromatic carbocycles. The summed E-state index contributed by atoms with van der Waals surface area (Å²) in [5, 5.41) is 23.0. The van der Waals surface area contributed by atoms with Gasteiger partial charge < -0.3 is 0 Å². The number of H-pyrrole nitrogens is 2. The molecule has 1 aliphatic carbocycles. The molecule has 34 heavy (non-hydrogen) atoms. The summed E-state index contributed by atoms with van der Waals surface area (Å²) < 4.78 is 0. The van der Waals surface area contributed by atoms with Crippen LogP contribution in [0.4, 0.5) is 0 Å². The zero-order valence-electron chi connectivity index (χ0n) is 20.4. The number of hydrogen-bond donors (Lipinski definition) is 2. The van der Waals surface area contributed by atoms with Gasteiger partial charge in [0.2, 0.25) is 0 Å². The first-order valence-corrected chi connectivity index (χ1v) is 11.7. The molecule has 2 heterocycles. The van der Waals surface area contributed by atoms with Gasteiger partial charge in [0.15, 0.2) is 0 Å². The molecule has 2 N–H and O–H groups in total. The molecule has 174 valence electrons. The molecule has 0 spiro atoms. The van der Waals surface area contributed by atoms with Gasteiger partial charge >= 0.3 is 0 Å². The minimum atomic E-state index is -0.354. The number of nitrogens with zero attached hydrogens (tertiary/aromatic N) is 4. The first-order chi connectivity index (χ1) is 16.2. The number of benzene rings is 2. The highest BCUT2D eigenvalue weighted by Gasteiger charge is 2.50. The van der Waals surface area contributed by atoms with Gasteiger partial charge in [-0.05, 0) is 39.7 Å². The number of ketones is 1. The Labute approximate surface area is 198 Å². The lowest BCUT2D eigenvalue weighted by Gasteiger charge is -2.49. The lowest BCUT2D eigenvalue weighted by molar-refractivity contribution is -0.126. The van der Waals surface area contributed by atoms with E-state index in [4.69, 9.17) is 0 Å². The lowest BCUT2D eigenvalue weighted by atomic mass is 9.54. The summed E-state index contributed by atoms with van der Waals surface area (Å²) in [7, 11) is 0. The molecule has 0 saturated heterocycles. The van der Waals surface area contributed by atoms with E-state index in [1.807, 2.05) is 36.4 Å². The van der Waals surface area contributed by atoms with Gasteiger partial charge in [-0.1, -0.05) is 71.9 Å². The van der Waals surface area contributed by atoms with Crippen molar-refractivity contribution in [3.8, 4) is 0 Å².